The van der Waals surface area contributed by atoms with Crippen molar-refractivity contribution in [3.63, 3.8) is 0 Å². The zero-order chi connectivity index (χ0) is 16.6. The van der Waals surface area contributed by atoms with Gasteiger partial charge in [0.05, 0.1) is 23.9 Å². The summed E-state index contributed by atoms with van der Waals surface area (Å²) in [4.78, 5) is 8.25. The molecular weight excluding hydrogens is 356 g/mol. The average Bonchev–Trinajstić information content (AvgIpc) is 3.08. The molecule has 0 aromatic carbocycles. The molecule has 3 heterocycles. The number of nitrogens with zero attached hydrogens (tertiary/aromatic N) is 3. The van der Waals surface area contributed by atoms with E-state index in [1.165, 1.54) is 0 Å². The van der Waals surface area contributed by atoms with Gasteiger partial charge in [-0.15, -0.1) is 12.4 Å². The smallest absolute Gasteiger partial charge is 0.226 e. The Balaban J connectivity index is 0.00000208. The van der Waals surface area contributed by atoms with Crippen molar-refractivity contribution in [1.82, 2.24) is 14.5 Å². The van der Waals surface area contributed by atoms with E-state index >= 15 is 0 Å². The second kappa shape index (κ2) is 7.38. The van der Waals surface area contributed by atoms with Gasteiger partial charge in [0.1, 0.15) is 17.2 Å². The highest BCUT2D eigenvalue weighted by molar-refractivity contribution is 6.28. The molecule has 3 aromatic rings. The van der Waals surface area contributed by atoms with Crippen LogP contribution in [0.1, 0.15) is 18.4 Å². The summed E-state index contributed by atoms with van der Waals surface area (Å²) in [5, 5.41) is 3.40. The fourth-order valence-electron chi connectivity index (χ4n) is 2.53. The summed E-state index contributed by atoms with van der Waals surface area (Å²) < 4.78 is 21.8. The van der Waals surface area contributed by atoms with Crippen LogP contribution < -0.4 is 11.1 Å². The van der Waals surface area contributed by atoms with Crippen LogP contribution in [0, 0.1) is 5.82 Å². The second-order valence-electron chi connectivity index (χ2n) is 5.47. The van der Waals surface area contributed by atoms with Crippen LogP contribution in [0.15, 0.2) is 22.8 Å². The monoisotopic (exact) mass is 373 g/mol. The number of anilines is 1. The molecule has 24 heavy (non-hydrogen) atoms. The number of rotatable bonds is 5. The topological polar surface area (TPSA) is 81.9 Å². The van der Waals surface area contributed by atoms with Crippen LogP contribution in [0.3, 0.4) is 0 Å². The van der Waals surface area contributed by atoms with E-state index in [4.69, 9.17) is 21.8 Å². The molecule has 0 aliphatic heterocycles. The number of furan rings is 1. The molecule has 0 radical (unpaired) electrons. The maximum absolute atomic E-state index is 14.8. The van der Waals surface area contributed by atoms with Gasteiger partial charge in [-0.05, 0) is 30.7 Å². The van der Waals surface area contributed by atoms with Crippen molar-refractivity contribution in [2.75, 3.05) is 5.32 Å². The number of fused-ring (bicyclic) bond motifs is 1. The molecular formula is C15H18Cl2FN5O. The molecule has 0 fully saturated rings. The molecule has 130 valence electrons. The first-order valence-electron chi connectivity index (χ1n) is 7.19. The highest BCUT2D eigenvalue weighted by atomic mass is 35.5. The van der Waals surface area contributed by atoms with E-state index < -0.39 is 0 Å². The molecule has 0 aliphatic rings. The molecule has 0 amide bonds. The lowest BCUT2D eigenvalue weighted by Gasteiger charge is -2.06. The van der Waals surface area contributed by atoms with Gasteiger partial charge in [0.15, 0.2) is 5.82 Å². The van der Waals surface area contributed by atoms with Crippen LogP contribution >= 0.6 is 24.0 Å². The second-order valence-corrected chi connectivity index (χ2v) is 5.81. The molecule has 0 bridgehead atoms. The van der Waals surface area contributed by atoms with Crippen molar-refractivity contribution in [2.45, 2.75) is 25.9 Å². The highest BCUT2D eigenvalue weighted by Crippen LogP contribution is 2.30. The Morgan fingerprint density at radius 1 is 1.46 bits per heavy atom. The van der Waals surface area contributed by atoms with E-state index in [1.54, 1.807) is 23.9 Å². The number of nitrogens with two attached hydrogens (primary N) is 1. The maximum Gasteiger partial charge on any atom is 0.226 e. The van der Waals surface area contributed by atoms with E-state index in [9.17, 15) is 4.39 Å². The van der Waals surface area contributed by atoms with Gasteiger partial charge in [-0.1, -0.05) is 0 Å². The SMILES string of the molecule is C[C@@H](N)Cc1c(F)c2c(NCc3ccco3)nc(Cl)nc2n1C.Cl. The maximum atomic E-state index is 14.8. The number of hydrogen-bond donors (Lipinski definition) is 2. The Labute approximate surface area is 149 Å². The lowest BCUT2D eigenvalue weighted by atomic mass is 10.2. The molecule has 3 rings (SSSR count). The van der Waals surface area contributed by atoms with Crippen molar-refractivity contribution in [3.8, 4) is 0 Å². The summed E-state index contributed by atoms with van der Waals surface area (Å²) in [5.41, 5.74) is 6.71. The van der Waals surface area contributed by atoms with E-state index in [1.807, 2.05) is 13.0 Å². The lowest BCUT2D eigenvalue weighted by molar-refractivity contribution is 0.518. The molecule has 0 saturated carbocycles. The fraction of sp³-hybridized carbons (Fsp3) is 0.333. The van der Waals surface area contributed by atoms with Gasteiger partial charge < -0.3 is 20.0 Å². The molecule has 0 aliphatic carbocycles. The van der Waals surface area contributed by atoms with Gasteiger partial charge in [0.2, 0.25) is 5.28 Å². The third kappa shape index (κ3) is 3.48. The zero-order valence-electron chi connectivity index (χ0n) is 13.2. The minimum absolute atomic E-state index is 0. The van der Waals surface area contributed by atoms with Gasteiger partial charge >= 0.3 is 0 Å². The predicted molar refractivity (Wildman–Crippen MR) is 94.1 cm³/mol. The Morgan fingerprint density at radius 3 is 2.83 bits per heavy atom. The molecule has 1 atom stereocenters. The van der Waals surface area contributed by atoms with Gasteiger partial charge in [-0.2, -0.15) is 9.97 Å². The van der Waals surface area contributed by atoms with Crippen molar-refractivity contribution in [2.24, 2.45) is 12.8 Å². The van der Waals surface area contributed by atoms with E-state index in [2.05, 4.69) is 15.3 Å². The van der Waals surface area contributed by atoms with Crippen molar-refractivity contribution in [1.29, 1.82) is 0 Å². The number of hydrogen-bond acceptors (Lipinski definition) is 5. The van der Waals surface area contributed by atoms with E-state index in [0.717, 1.165) is 0 Å². The predicted octanol–water partition coefficient (Wildman–Crippen LogP) is 3.28. The summed E-state index contributed by atoms with van der Waals surface area (Å²) in [6.45, 7) is 2.19. The minimum Gasteiger partial charge on any atom is -0.467 e. The zero-order valence-corrected chi connectivity index (χ0v) is 14.8. The van der Waals surface area contributed by atoms with Crippen LogP contribution in [0.25, 0.3) is 11.0 Å². The van der Waals surface area contributed by atoms with Gasteiger partial charge in [0.25, 0.3) is 0 Å². The summed E-state index contributed by atoms with van der Waals surface area (Å²) in [5.74, 6) is 0.666. The molecule has 3 N–H and O–H groups in total. The van der Waals surface area contributed by atoms with E-state index in [0.29, 0.717) is 41.3 Å². The average molecular weight is 374 g/mol. The Hall–Kier alpha value is -1.83. The van der Waals surface area contributed by atoms with Crippen LogP contribution in [0.2, 0.25) is 5.28 Å². The van der Waals surface area contributed by atoms with Crippen molar-refractivity contribution >= 4 is 40.9 Å². The van der Waals surface area contributed by atoms with E-state index in [-0.39, 0.29) is 29.5 Å². The number of halogens is 3. The Kier molecular flexibility index (Phi) is 5.69. The fourth-order valence-corrected chi connectivity index (χ4v) is 2.69. The number of aryl methyl sites for hydroxylation is 1. The third-order valence-electron chi connectivity index (χ3n) is 3.58. The summed E-state index contributed by atoms with van der Waals surface area (Å²) in [6.07, 6.45) is 1.97. The number of nitrogens with one attached hydrogen (secondary N) is 1. The third-order valence-corrected chi connectivity index (χ3v) is 3.75. The van der Waals surface area contributed by atoms with Crippen molar-refractivity contribution in [3.05, 3.63) is 41.0 Å². The van der Waals surface area contributed by atoms with Crippen LogP contribution in [-0.2, 0) is 20.0 Å². The largest absolute Gasteiger partial charge is 0.467 e. The Morgan fingerprint density at radius 2 is 2.21 bits per heavy atom. The summed E-state index contributed by atoms with van der Waals surface area (Å²) >= 11 is 5.98. The normalized spacial score (nSPS) is 12.2. The highest BCUT2D eigenvalue weighted by Gasteiger charge is 2.22. The summed E-state index contributed by atoms with van der Waals surface area (Å²) in [7, 11) is 1.74. The first-order valence-corrected chi connectivity index (χ1v) is 7.57. The molecule has 0 saturated heterocycles. The first-order chi connectivity index (χ1) is 11.0. The lowest BCUT2D eigenvalue weighted by Crippen LogP contribution is -2.20. The molecule has 0 spiro atoms. The van der Waals surface area contributed by atoms with Crippen LogP contribution in [-0.4, -0.2) is 20.6 Å². The molecule has 6 nitrogen and oxygen atoms in total. The van der Waals surface area contributed by atoms with Gasteiger partial charge in [0, 0.05) is 19.5 Å². The standard InChI is InChI=1S/C15H17ClFN5O.ClH/c1-8(18)6-10-12(17)11-13(19-7-9-4-3-5-23-9)20-15(16)21-14(11)22(10)2;/h3-5,8H,6-7,18H2,1-2H3,(H,19,20,21);1H/t8-;/m1./s1. The van der Waals surface area contributed by atoms with Crippen LogP contribution in [0.5, 0.6) is 0 Å². The quantitative estimate of drug-likeness (QED) is 0.670. The first kappa shape index (κ1) is 18.5. The summed E-state index contributed by atoms with van der Waals surface area (Å²) in [6, 6.07) is 3.43. The van der Waals surface area contributed by atoms with Gasteiger partial charge in [-0.3, -0.25) is 0 Å². The van der Waals surface area contributed by atoms with Crippen molar-refractivity contribution < 1.29 is 8.81 Å². The molecule has 9 heteroatoms. The minimum atomic E-state index is -0.376. The molecule has 3 aromatic heterocycles. The number of aromatic nitrogens is 3. The Bertz CT molecular complexity index is 832. The van der Waals surface area contributed by atoms with Gasteiger partial charge in [-0.25, -0.2) is 4.39 Å². The molecule has 0 unspecified atom stereocenters. The van der Waals surface area contributed by atoms with Crippen LogP contribution in [0.4, 0.5) is 10.2 Å².